The van der Waals surface area contributed by atoms with Crippen LogP contribution in [0.4, 0.5) is 43.9 Å². The van der Waals surface area contributed by atoms with Crippen LogP contribution in [0.2, 0.25) is 0 Å². The standard InChI is InChI=1S/C24H21NP2.2C6F5.2Au/c1-5-13-21(14-6-1)26(22-15-7-2-8-16-22)25-27(23-17-9-3-10-18-23)24-19-11-4-12-20-24;2*7-2-1-3(8)5(10)6(11)4(2)9;;/h1-20,25H;;;;/q;2*-1;2*+1. The van der Waals surface area contributed by atoms with Gasteiger partial charge in [-0.1, -0.05) is 121 Å². The van der Waals surface area contributed by atoms with Gasteiger partial charge in [0.15, 0.2) is 0 Å². The van der Waals surface area contributed by atoms with Crippen LogP contribution in [0.1, 0.15) is 0 Å². The molecule has 1 N–H and O–H groups in total. The molecule has 0 aromatic heterocycles. The minimum Gasteiger partial charge on any atom is -0.278 e. The van der Waals surface area contributed by atoms with Crippen LogP contribution in [-0.4, -0.2) is 0 Å². The van der Waals surface area contributed by atoms with Crippen molar-refractivity contribution < 1.29 is 88.7 Å². The molecule has 6 aromatic rings. The summed E-state index contributed by atoms with van der Waals surface area (Å²) in [4.78, 5) is 4.05. The fraction of sp³-hybridized carbons (Fsp3) is 0. The first-order valence-corrected chi connectivity index (χ1v) is 16.6. The molecule has 0 saturated heterocycles. The van der Waals surface area contributed by atoms with Crippen LogP contribution >= 0.6 is 16.1 Å². The Morgan fingerprint density at radius 3 is 0.706 bits per heavy atom. The van der Waals surface area contributed by atoms with Crippen LogP contribution in [0.25, 0.3) is 0 Å². The average molecular weight is 1110 g/mol. The number of rotatable bonds is 6. The summed E-state index contributed by atoms with van der Waals surface area (Å²) in [7, 11) is -1.32. The smallest absolute Gasteiger partial charge is 0.278 e. The number of halogens is 10. The van der Waals surface area contributed by atoms with Crippen molar-refractivity contribution >= 4 is 37.4 Å². The van der Waals surface area contributed by atoms with Gasteiger partial charge in [0.1, 0.15) is 0 Å². The number of benzene rings is 6. The van der Waals surface area contributed by atoms with Gasteiger partial charge in [-0.3, -0.25) is 22.4 Å². The molecule has 0 aliphatic heterocycles. The SMILES string of the molecule is Fc1[c-]c(F)c(F)c(F)c1F.Fc1[c-]c(F)c(F)c(F)c1F.[Au+].[Au+].c1ccc(P(NP(c2ccccc2)c2ccccc2)c2ccccc2)cc1. The summed E-state index contributed by atoms with van der Waals surface area (Å²) in [5, 5.41) is 5.38. The first-order chi connectivity index (χ1) is 23.5. The van der Waals surface area contributed by atoms with E-state index in [4.69, 9.17) is 0 Å². The second-order valence-electron chi connectivity index (χ2n) is 9.50. The van der Waals surface area contributed by atoms with Gasteiger partial charge < -0.3 is 0 Å². The number of hydrogen-bond donors (Lipinski definition) is 1. The number of hydrogen-bond acceptors (Lipinski definition) is 1. The van der Waals surface area contributed by atoms with Crippen LogP contribution in [0.5, 0.6) is 0 Å². The summed E-state index contributed by atoms with van der Waals surface area (Å²) in [5.74, 6) is -20.1. The molecule has 0 aliphatic carbocycles. The van der Waals surface area contributed by atoms with Gasteiger partial charge in [0, 0.05) is 16.1 Å². The van der Waals surface area contributed by atoms with E-state index in [9.17, 15) is 43.9 Å². The Labute approximate surface area is 320 Å². The van der Waals surface area contributed by atoms with E-state index in [1.165, 1.54) is 21.2 Å². The molecule has 0 heterocycles. The summed E-state index contributed by atoms with van der Waals surface area (Å²) in [5.41, 5.74) is 0. The molecule has 0 unspecified atom stereocenters. The first kappa shape index (κ1) is 44.1. The fourth-order valence-corrected chi connectivity index (χ4v) is 9.05. The second kappa shape index (κ2) is 21.4. The predicted molar refractivity (Wildman–Crippen MR) is 171 cm³/mol. The Balaban J connectivity index is 0.000000312. The van der Waals surface area contributed by atoms with E-state index in [2.05, 4.69) is 126 Å². The molecule has 1 nitrogen and oxygen atoms in total. The van der Waals surface area contributed by atoms with Crippen molar-refractivity contribution in [2.75, 3.05) is 0 Å². The van der Waals surface area contributed by atoms with Crippen molar-refractivity contribution in [3.8, 4) is 0 Å². The molecule has 0 aliphatic rings. The zero-order valence-corrected chi connectivity index (χ0v) is 31.4. The Bertz CT molecular complexity index is 1690. The third kappa shape index (κ3) is 12.0. The predicted octanol–water partition coefficient (Wildman–Crippen LogP) is 9.03. The zero-order valence-electron chi connectivity index (χ0n) is 25.3. The first-order valence-electron chi connectivity index (χ1n) is 13.9. The molecule has 0 bridgehead atoms. The van der Waals surface area contributed by atoms with Crippen LogP contribution in [-0.2, 0) is 44.8 Å². The second-order valence-corrected chi connectivity index (χ2v) is 13.7. The summed E-state index contributed by atoms with van der Waals surface area (Å²) < 4.78 is 120. The molecule has 0 saturated carbocycles. The van der Waals surface area contributed by atoms with Crippen molar-refractivity contribution in [1.29, 1.82) is 0 Å². The van der Waals surface area contributed by atoms with E-state index in [0.717, 1.165) is 12.1 Å². The Morgan fingerprint density at radius 1 is 0.314 bits per heavy atom. The molecule has 51 heavy (non-hydrogen) atoms. The Hall–Kier alpha value is -3.08. The quantitative estimate of drug-likeness (QED) is 0.0439. The number of nitrogens with one attached hydrogen (secondary N) is 1. The monoisotopic (exact) mass is 1110 g/mol. The summed E-state index contributed by atoms with van der Waals surface area (Å²) >= 11 is 0. The normalized spacial score (nSPS) is 10.3. The van der Waals surface area contributed by atoms with Crippen LogP contribution in [0, 0.1) is 70.3 Å². The van der Waals surface area contributed by atoms with Crippen molar-refractivity contribution in [1.82, 2.24) is 4.86 Å². The molecule has 0 fully saturated rings. The van der Waals surface area contributed by atoms with Gasteiger partial charge in [0.2, 0.25) is 0 Å². The zero-order chi connectivity index (χ0) is 35.5. The third-order valence-electron chi connectivity index (χ3n) is 6.24. The van der Waals surface area contributed by atoms with E-state index >= 15 is 0 Å². The van der Waals surface area contributed by atoms with E-state index in [0.29, 0.717) is 0 Å². The minimum absolute atomic E-state index is 0. The average Bonchev–Trinajstić information content (AvgIpc) is 3.14. The maximum Gasteiger partial charge on any atom is 1.00 e. The van der Waals surface area contributed by atoms with Gasteiger partial charge in [0.05, 0.1) is 58.2 Å². The van der Waals surface area contributed by atoms with Crippen molar-refractivity contribution in [3.05, 3.63) is 192 Å². The Morgan fingerprint density at radius 2 is 0.510 bits per heavy atom. The van der Waals surface area contributed by atoms with Crippen molar-refractivity contribution in [3.63, 3.8) is 0 Å². The van der Waals surface area contributed by atoms with E-state index in [1.54, 1.807) is 0 Å². The molecule has 6 aromatic carbocycles. The topological polar surface area (TPSA) is 12.0 Å². The maximum absolute atomic E-state index is 12.0. The van der Waals surface area contributed by atoms with Crippen LogP contribution in [0.3, 0.4) is 0 Å². The van der Waals surface area contributed by atoms with Gasteiger partial charge in [-0.25, -0.2) is 26.3 Å². The molecule has 6 rings (SSSR count). The molecule has 272 valence electrons. The van der Waals surface area contributed by atoms with Crippen molar-refractivity contribution in [2.24, 2.45) is 0 Å². The third-order valence-corrected chi connectivity index (χ3v) is 11.1. The molecule has 0 atom stereocenters. The van der Waals surface area contributed by atoms with Crippen LogP contribution in [0.15, 0.2) is 121 Å². The van der Waals surface area contributed by atoms with Gasteiger partial charge in [0.25, 0.3) is 0 Å². The summed E-state index contributed by atoms with van der Waals surface area (Å²) in [6, 6.07) is 45.2. The van der Waals surface area contributed by atoms with Crippen LogP contribution < -0.4 is 26.1 Å². The summed E-state index contributed by atoms with van der Waals surface area (Å²) in [6.45, 7) is 0. The molecule has 0 amide bonds. The van der Waals surface area contributed by atoms with E-state index in [1.807, 2.05) is 0 Å². The molecule has 15 heteroatoms. The maximum atomic E-state index is 12.0. The molecule has 0 radical (unpaired) electrons. The Kier molecular flexibility index (Phi) is 18.5. The van der Waals surface area contributed by atoms with Gasteiger partial charge >= 0.3 is 44.8 Å². The van der Waals surface area contributed by atoms with Crippen molar-refractivity contribution in [2.45, 2.75) is 0 Å². The van der Waals surface area contributed by atoms with E-state index in [-0.39, 0.29) is 44.8 Å². The molecular weight excluding hydrogens is 1090 g/mol. The van der Waals surface area contributed by atoms with E-state index < -0.39 is 74.3 Å². The fourth-order valence-electron chi connectivity index (χ4n) is 3.93. The van der Waals surface area contributed by atoms with Gasteiger partial charge in [-0.05, 0) is 21.2 Å². The summed E-state index contributed by atoms with van der Waals surface area (Å²) in [6.07, 6.45) is 0. The van der Waals surface area contributed by atoms with Gasteiger partial charge in [-0.2, -0.15) is 0 Å². The van der Waals surface area contributed by atoms with Gasteiger partial charge in [-0.15, -0.1) is 12.1 Å². The molecular formula is C36H21Au2F10NP2. The minimum atomic E-state index is -2.17. The molecule has 0 spiro atoms. The largest absolute Gasteiger partial charge is 1.00 e.